The van der Waals surface area contributed by atoms with Crippen LogP contribution in [0.15, 0.2) is 23.1 Å². The Morgan fingerprint density at radius 3 is 2.89 bits per heavy atom. The number of aryl methyl sites for hydroxylation is 1. The molecular weight excluding hydrogens is 252 g/mol. The van der Waals surface area contributed by atoms with Gasteiger partial charge in [0, 0.05) is 18.7 Å². The molecule has 0 spiro atoms. The first-order chi connectivity index (χ1) is 8.53. The van der Waals surface area contributed by atoms with Crippen LogP contribution in [0.4, 0.5) is 5.69 Å². The van der Waals surface area contributed by atoms with Crippen LogP contribution < -0.4 is 10.6 Å². The second-order valence-electron chi connectivity index (χ2n) is 4.29. The van der Waals surface area contributed by atoms with Crippen molar-refractivity contribution in [1.29, 1.82) is 0 Å². The molecule has 18 heavy (non-hydrogen) atoms. The number of rotatable bonds is 4. The predicted molar refractivity (Wildman–Crippen MR) is 69.4 cm³/mol. The van der Waals surface area contributed by atoms with Gasteiger partial charge in [0.05, 0.1) is 10.6 Å². The van der Waals surface area contributed by atoms with Crippen molar-refractivity contribution in [2.24, 2.45) is 0 Å². The molecule has 0 aromatic heterocycles. The highest BCUT2D eigenvalue weighted by atomic mass is 32.2. The average molecular weight is 268 g/mol. The third kappa shape index (κ3) is 2.70. The maximum absolute atomic E-state index is 11.7. The Hall–Kier alpha value is -1.40. The average Bonchev–Trinajstić information content (AvgIpc) is 2.63. The molecule has 2 rings (SSSR count). The van der Waals surface area contributed by atoms with E-state index >= 15 is 0 Å². The fraction of sp³-hybridized carbons (Fsp3) is 0.417. The number of anilines is 1. The lowest BCUT2D eigenvalue weighted by molar-refractivity contribution is -0.116. The minimum absolute atomic E-state index is 0.125. The molecule has 0 radical (unpaired) electrons. The van der Waals surface area contributed by atoms with Crippen LogP contribution >= 0.6 is 0 Å². The van der Waals surface area contributed by atoms with E-state index in [1.165, 1.54) is 0 Å². The van der Waals surface area contributed by atoms with Gasteiger partial charge in [-0.2, -0.15) is 0 Å². The maximum atomic E-state index is 11.7. The molecular formula is C12H16N2O3S. The summed E-state index contributed by atoms with van der Waals surface area (Å²) in [6.07, 6.45) is 0.923. The normalized spacial score (nSPS) is 16.3. The zero-order valence-electron chi connectivity index (χ0n) is 10.2. The van der Waals surface area contributed by atoms with Gasteiger partial charge in [0.15, 0.2) is 9.84 Å². The second kappa shape index (κ2) is 5.07. The van der Waals surface area contributed by atoms with E-state index in [2.05, 4.69) is 10.6 Å². The zero-order chi connectivity index (χ0) is 13.2. The monoisotopic (exact) mass is 268 g/mol. The summed E-state index contributed by atoms with van der Waals surface area (Å²) in [5.74, 6) is 0.0409. The van der Waals surface area contributed by atoms with E-state index in [-0.39, 0.29) is 11.7 Å². The van der Waals surface area contributed by atoms with Gasteiger partial charge in [-0.15, -0.1) is 0 Å². The topological polar surface area (TPSA) is 75.3 Å². The third-order valence-corrected chi connectivity index (χ3v) is 4.72. The van der Waals surface area contributed by atoms with E-state index in [0.29, 0.717) is 30.0 Å². The number of sulfone groups is 1. The summed E-state index contributed by atoms with van der Waals surface area (Å²) < 4.78 is 23.5. The summed E-state index contributed by atoms with van der Waals surface area (Å²) in [7, 11) is -1.37. The minimum atomic E-state index is -3.14. The number of benzene rings is 1. The first-order valence-corrected chi connectivity index (χ1v) is 7.48. The van der Waals surface area contributed by atoms with Gasteiger partial charge in [0.2, 0.25) is 5.91 Å². The number of hydrogen-bond donors (Lipinski definition) is 2. The smallest absolute Gasteiger partial charge is 0.225 e. The van der Waals surface area contributed by atoms with Crippen molar-refractivity contribution >= 4 is 21.4 Å². The van der Waals surface area contributed by atoms with Gasteiger partial charge in [0.1, 0.15) is 0 Å². The van der Waals surface area contributed by atoms with Crippen molar-refractivity contribution in [2.75, 3.05) is 24.7 Å². The summed E-state index contributed by atoms with van der Waals surface area (Å²) in [6.45, 7) is 0.592. The Bertz CT molecular complexity index is 567. The quantitative estimate of drug-likeness (QED) is 0.837. The van der Waals surface area contributed by atoms with Crippen molar-refractivity contribution in [2.45, 2.75) is 17.7 Å². The molecule has 1 aliphatic rings. The van der Waals surface area contributed by atoms with Crippen LogP contribution in [0, 0.1) is 0 Å². The molecule has 0 bridgehead atoms. The molecule has 0 saturated heterocycles. The first kappa shape index (κ1) is 13.0. The Balaban J connectivity index is 2.15. The lowest BCUT2D eigenvalue weighted by atomic mass is 10.1. The molecule has 6 heteroatoms. The van der Waals surface area contributed by atoms with Crippen molar-refractivity contribution < 1.29 is 13.2 Å². The molecule has 0 atom stereocenters. The molecule has 1 heterocycles. The summed E-state index contributed by atoms with van der Waals surface area (Å²) >= 11 is 0. The van der Waals surface area contributed by atoms with Crippen molar-refractivity contribution in [1.82, 2.24) is 5.32 Å². The molecule has 5 nitrogen and oxygen atoms in total. The lowest BCUT2D eigenvalue weighted by Crippen LogP contribution is -2.18. The Morgan fingerprint density at radius 2 is 2.17 bits per heavy atom. The molecule has 1 amide bonds. The first-order valence-electron chi connectivity index (χ1n) is 5.83. The second-order valence-corrected chi connectivity index (χ2v) is 6.37. The molecule has 1 aromatic carbocycles. The van der Waals surface area contributed by atoms with Gasteiger partial charge in [0.25, 0.3) is 0 Å². The van der Waals surface area contributed by atoms with Gasteiger partial charge >= 0.3 is 0 Å². The third-order valence-electron chi connectivity index (χ3n) is 2.93. The van der Waals surface area contributed by atoms with E-state index < -0.39 is 9.84 Å². The predicted octanol–water partition coefficient (Wildman–Crippen LogP) is 0.564. The van der Waals surface area contributed by atoms with Crippen molar-refractivity contribution in [3.63, 3.8) is 0 Å². The molecule has 0 unspecified atom stereocenters. The van der Waals surface area contributed by atoms with Crippen LogP contribution in [0.2, 0.25) is 0 Å². The molecule has 1 aromatic rings. The molecule has 98 valence electrons. The maximum Gasteiger partial charge on any atom is 0.225 e. The zero-order valence-corrected chi connectivity index (χ0v) is 11.0. The van der Waals surface area contributed by atoms with Crippen LogP contribution in [0.5, 0.6) is 0 Å². The Kier molecular flexibility index (Phi) is 3.68. The van der Waals surface area contributed by atoms with Crippen LogP contribution in [0.25, 0.3) is 0 Å². The highest BCUT2D eigenvalue weighted by Crippen LogP contribution is 2.28. The van der Waals surface area contributed by atoms with Gasteiger partial charge < -0.3 is 10.6 Å². The molecule has 1 aliphatic heterocycles. The number of fused-ring (bicyclic) bond motifs is 1. The number of nitrogens with one attached hydrogen (secondary N) is 2. The van der Waals surface area contributed by atoms with E-state index in [1.807, 2.05) is 0 Å². The Morgan fingerprint density at radius 1 is 1.39 bits per heavy atom. The van der Waals surface area contributed by atoms with Gasteiger partial charge in [-0.05, 0) is 31.2 Å². The highest BCUT2D eigenvalue weighted by molar-refractivity contribution is 7.91. The largest absolute Gasteiger partial charge is 0.326 e. The lowest BCUT2D eigenvalue weighted by Gasteiger charge is -2.07. The number of hydrogen-bond acceptors (Lipinski definition) is 4. The van der Waals surface area contributed by atoms with Crippen LogP contribution in [0.1, 0.15) is 12.0 Å². The SMILES string of the molecule is CNCCC(=O)Nc1ccc2c(c1)S(=O)(=O)CC2. The fourth-order valence-electron chi connectivity index (χ4n) is 1.94. The van der Waals surface area contributed by atoms with E-state index in [0.717, 1.165) is 5.56 Å². The molecule has 2 N–H and O–H groups in total. The fourth-order valence-corrected chi connectivity index (χ4v) is 3.53. The van der Waals surface area contributed by atoms with Gasteiger partial charge in [-0.3, -0.25) is 4.79 Å². The van der Waals surface area contributed by atoms with E-state index in [4.69, 9.17) is 0 Å². The minimum Gasteiger partial charge on any atom is -0.326 e. The summed E-state index contributed by atoms with van der Waals surface area (Å²) in [4.78, 5) is 11.9. The van der Waals surface area contributed by atoms with Crippen molar-refractivity contribution in [3.8, 4) is 0 Å². The Labute approximate surface area is 107 Å². The number of amides is 1. The van der Waals surface area contributed by atoms with E-state index in [1.54, 1.807) is 25.2 Å². The highest BCUT2D eigenvalue weighted by Gasteiger charge is 2.26. The van der Waals surface area contributed by atoms with Gasteiger partial charge in [-0.1, -0.05) is 6.07 Å². The number of carbonyl (C=O) groups is 1. The van der Waals surface area contributed by atoms with Crippen LogP contribution in [-0.4, -0.2) is 33.7 Å². The summed E-state index contributed by atoms with van der Waals surface area (Å²) in [5.41, 5.74) is 1.38. The van der Waals surface area contributed by atoms with E-state index in [9.17, 15) is 13.2 Å². The summed E-state index contributed by atoms with van der Waals surface area (Å²) in [6, 6.07) is 5.07. The number of carbonyl (C=O) groups excluding carboxylic acids is 1. The van der Waals surface area contributed by atoms with Crippen LogP contribution in [0.3, 0.4) is 0 Å². The molecule has 0 fully saturated rings. The summed E-state index contributed by atoms with van der Waals surface area (Å²) in [5, 5.41) is 5.58. The van der Waals surface area contributed by atoms with Gasteiger partial charge in [-0.25, -0.2) is 8.42 Å². The standard InChI is InChI=1S/C12H16N2O3S/c1-13-6-4-12(15)14-10-3-2-9-5-7-18(16,17)11(9)8-10/h2-3,8,13H,4-7H2,1H3,(H,14,15). The molecule has 0 saturated carbocycles. The van der Waals surface area contributed by atoms with Crippen molar-refractivity contribution in [3.05, 3.63) is 23.8 Å². The van der Waals surface area contributed by atoms with Crippen LogP contribution in [-0.2, 0) is 21.1 Å². The molecule has 0 aliphatic carbocycles.